The van der Waals surface area contributed by atoms with E-state index in [1.807, 2.05) is 30.3 Å². The Hall–Kier alpha value is -1.63. The highest BCUT2D eigenvalue weighted by molar-refractivity contribution is 5.90. The Morgan fingerprint density at radius 2 is 1.91 bits per heavy atom. The zero-order valence-electron chi connectivity index (χ0n) is 13.2. The van der Waals surface area contributed by atoms with Gasteiger partial charge in [0, 0.05) is 19.6 Å². The van der Waals surface area contributed by atoms with Crippen molar-refractivity contribution in [3.63, 3.8) is 0 Å². The van der Waals surface area contributed by atoms with Gasteiger partial charge in [-0.05, 0) is 18.4 Å². The molecule has 1 aliphatic rings. The highest BCUT2D eigenvalue weighted by Crippen LogP contribution is 2.19. The van der Waals surface area contributed by atoms with Crippen molar-refractivity contribution in [2.45, 2.75) is 37.4 Å². The molecule has 2 atom stereocenters. The van der Waals surface area contributed by atoms with Gasteiger partial charge in [0.2, 0.25) is 11.8 Å². The fraction of sp³-hybridized carbons (Fsp3) is 0.500. The highest BCUT2D eigenvalue weighted by atomic mass is 35.5. The van der Waals surface area contributed by atoms with Crippen LogP contribution in [0, 0.1) is 0 Å². The minimum Gasteiger partial charge on any atom is -0.383 e. The lowest BCUT2D eigenvalue weighted by Gasteiger charge is -2.20. The standard InChI is InChI=1S/C16H23N3O3.ClH/c1-22-10-13(17)15(20)19-14(16(21)18-12-7-8-12)9-11-5-3-2-4-6-11;/h2-6,12-14H,7-10,17H2,1H3,(H,18,21)(H,19,20);1H. The molecule has 6 nitrogen and oxygen atoms in total. The number of amides is 2. The van der Waals surface area contributed by atoms with E-state index in [1.54, 1.807) is 0 Å². The summed E-state index contributed by atoms with van der Waals surface area (Å²) in [6, 6.07) is 8.42. The van der Waals surface area contributed by atoms with E-state index in [-0.39, 0.29) is 36.9 Å². The van der Waals surface area contributed by atoms with Crippen LogP contribution in [0.1, 0.15) is 18.4 Å². The topological polar surface area (TPSA) is 93.4 Å². The molecule has 0 radical (unpaired) electrons. The molecule has 0 spiro atoms. The van der Waals surface area contributed by atoms with Crippen LogP contribution in [0.25, 0.3) is 0 Å². The predicted octanol–water partition coefficient (Wildman–Crippen LogP) is 0.388. The Kier molecular flexibility index (Phi) is 8.02. The Bertz CT molecular complexity index is 509. The molecule has 1 aromatic carbocycles. The second kappa shape index (κ2) is 9.50. The molecule has 1 saturated carbocycles. The second-order valence-corrected chi connectivity index (χ2v) is 5.60. The van der Waals surface area contributed by atoms with Gasteiger partial charge >= 0.3 is 0 Å². The Morgan fingerprint density at radius 1 is 1.26 bits per heavy atom. The van der Waals surface area contributed by atoms with E-state index in [1.165, 1.54) is 7.11 Å². The monoisotopic (exact) mass is 341 g/mol. The molecule has 0 saturated heterocycles. The van der Waals surface area contributed by atoms with Gasteiger partial charge in [0.25, 0.3) is 0 Å². The summed E-state index contributed by atoms with van der Waals surface area (Å²) in [6.45, 7) is 0.119. The predicted molar refractivity (Wildman–Crippen MR) is 90.3 cm³/mol. The average Bonchev–Trinajstić information content (AvgIpc) is 3.31. The summed E-state index contributed by atoms with van der Waals surface area (Å²) in [7, 11) is 1.48. The largest absolute Gasteiger partial charge is 0.383 e. The van der Waals surface area contributed by atoms with E-state index in [2.05, 4.69) is 10.6 Å². The van der Waals surface area contributed by atoms with Crippen LogP contribution in [0.4, 0.5) is 0 Å². The average molecular weight is 342 g/mol. The number of nitrogens with one attached hydrogen (secondary N) is 2. The van der Waals surface area contributed by atoms with Gasteiger partial charge in [-0.3, -0.25) is 9.59 Å². The molecule has 1 fully saturated rings. The van der Waals surface area contributed by atoms with Crippen molar-refractivity contribution in [3.8, 4) is 0 Å². The molecule has 2 amide bonds. The molecule has 23 heavy (non-hydrogen) atoms. The lowest BCUT2D eigenvalue weighted by Crippen LogP contribution is -2.53. The van der Waals surface area contributed by atoms with Gasteiger partial charge in [-0.1, -0.05) is 30.3 Å². The number of carbonyl (C=O) groups is 2. The van der Waals surface area contributed by atoms with Gasteiger partial charge < -0.3 is 21.1 Å². The third kappa shape index (κ3) is 6.56. The SMILES string of the molecule is COCC(N)C(=O)NC(Cc1ccccc1)C(=O)NC1CC1.Cl. The molecular weight excluding hydrogens is 318 g/mol. The van der Waals surface area contributed by atoms with Gasteiger partial charge in [0.1, 0.15) is 12.1 Å². The molecule has 0 aromatic heterocycles. The number of carbonyl (C=O) groups excluding carboxylic acids is 2. The fourth-order valence-corrected chi connectivity index (χ4v) is 2.12. The molecule has 2 unspecified atom stereocenters. The van der Waals surface area contributed by atoms with Gasteiger partial charge in [0.15, 0.2) is 0 Å². The maximum atomic E-state index is 12.3. The molecule has 2 rings (SSSR count). The molecule has 1 aromatic rings. The summed E-state index contributed by atoms with van der Waals surface area (Å²) in [5.41, 5.74) is 6.70. The van der Waals surface area contributed by atoms with Gasteiger partial charge in [-0.25, -0.2) is 0 Å². The van der Waals surface area contributed by atoms with Crippen molar-refractivity contribution in [1.29, 1.82) is 0 Å². The summed E-state index contributed by atoms with van der Waals surface area (Å²) in [5, 5.41) is 5.65. The maximum absolute atomic E-state index is 12.3. The molecular formula is C16H24ClN3O3. The van der Waals surface area contributed by atoms with Crippen molar-refractivity contribution in [2.24, 2.45) is 5.73 Å². The van der Waals surface area contributed by atoms with E-state index < -0.39 is 12.1 Å². The van der Waals surface area contributed by atoms with Crippen LogP contribution in [0.3, 0.4) is 0 Å². The number of hydrogen-bond acceptors (Lipinski definition) is 4. The normalized spacial score (nSPS) is 15.9. The second-order valence-electron chi connectivity index (χ2n) is 5.60. The number of ether oxygens (including phenoxy) is 1. The lowest BCUT2D eigenvalue weighted by atomic mass is 10.0. The zero-order chi connectivity index (χ0) is 15.9. The highest BCUT2D eigenvalue weighted by Gasteiger charge is 2.29. The van der Waals surface area contributed by atoms with Crippen molar-refractivity contribution >= 4 is 24.2 Å². The number of nitrogens with two attached hydrogens (primary N) is 1. The van der Waals surface area contributed by atoms with Crippen molar-refractivity contribution in [1.82, 2.24) is 10.6 Å². The van der Waals surface area contributed by atoms with Crippen molar-refractivity contribution in [3.05, 3.63) is 35.9 Å². The van der Waals surface area contributed by atoms with E-state index in [4.69, 9.17) is 10.5 Å². The molecule has 7 heteroatoms. The first kappa shape index (κ1) is 19.4. The smallest absolute Gasteiger partial charge is 0.243 e. The summed E-state index contributed by atoms with van der Waals surface area (Å²) in [4.78, 5) is 24.4. The maximum Gasteiger partial charge on any atom is 0.243 e. The van der Waals surface area contributed by atoms with Crippen molar-refractivity contribution in [2.75, 3.05) is 13.7 Å². The molecule has 0 heterocycles. The van der Waals surface area contributed by atoms with Gasteiger partial charge in [0.05, 0.1) is 6.61 Å². The van der Waals surface area contributed by atoms with Gasteiger partial charge in [-0.15, -0.1) is 12.4 Å². The number of methoxy groups -OCH3 is 1. The first-order chi connectivity index (χ1) is 10.6. The number of rotatable bonds is 8. The minimum absolute atomic E-state index is 0. The summed E-state index contributed by atoms with van der Waals surface area (Å²) in [6.07, 6.45) is 2.44. The van der Waals surface area contributed by atoms with Crippen LogP contribution in [0.2, 0.25) is 0 Å². The molecule has 4 N–H and O–H groups in total. The van der Waals surface area contributed by atoms with E-state index in [0.717, 1.165) is 18.4 Å². The fourth-order valence-electron chi connectivity index (χ4n) is 2.12. The Balaban J connectivity index is 0.00000264. The number of halogens is 1. The van der Waals surface area contributed by atoms with Crippen LogP contribution in [-0.2, 0) is 20.7 Å². The Labute approximate surface area is 142 Å². The quantitative estimate of drug-likeness (QED) is 0.637. The van der Waals surface area contributed by atoms with Crippen LogP contribution in [0.15, 0.2) is 30.3 Å². The van der Waals surface area contributed by atoms with Gasteiger partial charge in [-0.2, -0.15) is 0 Å². The minimum atomic E-state index is -0.781. The molecule has 0 aliphatic heterocycles. The van der Waals surface area contributed by atoms with Crippen molar-refractivity contribution < 1.29 is 14.3 Å². The number of benzene rings is 1. The summed E-state index contributed by atoms with van der Waals surface area (Å²) in [5.74, 6) is -0.543. The van der Waals surface area contributed by atoms with Crippen LogP contribution in [-0.4, -0.2) is 43.7 Å². The molecule has 0 bridgehead atoms. The zero-order valence-corrected chi connectivity index (χ0v) is 14.0. The first-order valence-electron chi connectivity index (χ1n) is 7.49. The first-order valence-corrected chi connectivity index (χ1v) is 7.49. The number of hydrogen-bond donors (Lipinski definition) is 3. The third-order valence-corrected chi connectivity index (χ3v) is 3.52. The van der Waals surface area contributed by atoms with Crippen LogP contribution >= 0.6 is 12.4 Å². The lowest BCUT2D eigenvalue weighted by molar-refractivity contribution is -0.130. The van der Waals surface area contributed by atoms with Crippen LogP contribution < -0.4 is 16.4 Å². The Morgan fingerprint density at radius 3 is 2.48 bits per heavy atom. The molecule has 128 valence electrons. The molecule has 1 aliphatic carbocycles. The van der Waals surface area contributed by atoms with E-state index in [9.17, 15) is 9.59 Å². The van der Waals surface area contributed by atoms with E-state index in [0.29, 0.717) is 6.42 Å². The third-order valence-electron chi connectivity index (χ3n) is 3.52. The summed E-state index contributed by atoms with van der Waals surface area (Å²) < 4.78 is 4.87. The summed E-state index contributed by atoms with van der Waals surface area (Å²) >= 11 is 0. The van der Waals surface area contributed by atoms with Crippen LogP contribution in [0.5, 0.6) is 0 Å². The van der Waals surface area contributed by atoms with E-state index >= 15 is 0 Å².